The maximum absolute atomic E-state index is 12.1. The van der Waals surface area contributed by atoms with E-state index >= 15 is 0 Å². The van der Waals surface area contributed by atoms with Crippen LogP contribution in [0.3, 0.4) is 0 Å². The molecular formula is C15H30O2. The van der Waals surface area contributed by atoms with Crippen molar-refractivity contribution in [2.45, 2.75) is 74.3 Å². The van der Waals surface area contributed by atoms with Crippen LogP contribution in [0.4, 0.5) is 0 Å². The number of carbonyl (C=O) groups is 1. The van der Waals surface area contributed by atoms with Crippen LogP contribution in [0, 0.1) is 16.2 Å². The number of hydrogen-bond donors (Lipinski definition) is 1. The third-order valence-corrected chi connectivity index (χ3v) is 3.25. The van der Waals surface area contributed by atoms with Gasteiger partial charge in [-0.1, -0.05) is 55.4 Å². The van der Waals surface area contributed by atoms with Crippen LogP contribution in [-0.2, 0) is 4.79 Å². The van der Waals surface area contributed by atoms with Crippen LogP contribution in [0.1, 0.15) is 68.2 Å². The predicted octanol–water partition coefficient (Wildman–Crippen LogP) is 3.82. The number of carbonyl (C=O) groups excluding carboxylic acids is 1. The summed E-state index contributed by atoms with van der Waals surface area (Å²) in [6.45, 7) is 16.1. The number of Topliss-reactive ketones (excluding diaryl/α,β-unsaturated/α-hetero) is 1. The Kier molecular flexibility index (Phi) is 4.98. The van der Waals surface area contributed by atoms with E-state index in [0.717, 1.165) is 12.8 Å². The van der Waals surface area contributed by atoms with Crippen molar-refractivity contribution in [3.8, 4) is 0 Å². The summed E-state index contributed by atoms with van der Waals surface area (Å²) >= 11 is 0. The van der Waals surface area contributed by atoms with Gasteiger partial charge in [0, 0.05) is 5.41 Å². The minimum atomic E-state index is -0.871. The molecule has 17 heavy (non-hydrogen) atoms. The van der Waals surface area contributed by atoms with E-state index in [1.165, 1.54) is 0 Å². The Bertz CT molecular complexity index is 264. The van der Waals surface area contributed by atoms with E-state index < -0.39 is 11.5 Å². The molecule has 1 atom stereocenters. The van der Waals surface area contributed by atoms with Crippen LogP contribution in [0.2, 0.25) is 0 Å². The third kappa shape index (κ3) is 5.67. The molecule has 0 radical (unpaired) electrons. The average molecular weight is 242 g/mol. The molecule has 0 aromatic carbocycles. The van der Waals surface area contributed by atoms with Crippen molar-refractivity contribution in [3.05, 3.63) is 0 Å². The summed E-state index contributed by atoms with van der Waals surface area (Å²) in [5.41, 5.74) is -0.585. The summed E-state index contributed by atoms with van der Waals surface area (Å²) in [5, 5.41) is 10.2. The first-order valence-corrected chi connectivity index (χ1v) is 6.50. The lowest BCUT2D eigenvalue weighted by Gasteiger charge is -2.35. The van der Waals surface area contributed by atoms with Gasteiger partial charge < -0.3 is 5.11 Å². The van der Waals surface area contributed by atoms with Gasteiger partial charge in [0.05, 0.1) is 0 Å². The van der Waals surface area contributed by atoms with Gasteiger partial charge in [0.25, 0.3) is 0 Å². The van der Waals surface area contributed by atoms with Crippen molar-refractivity contribution < 1.29 is 9.90 Å². The van der Waals surface area contributed by atoms with Crippen LogP contribution in [0.15, 0.2) is 0 Å². The molecule has 0 aromatic heterocycles. The van der Waals surface area contributed by atoms with Crippen molar-refractivity contribution in [3.63, 3.8) is 0 Å². The summed E-state index contributed by atoms with van der Waals surface area (Å²) in [6.07, 6.45) is 0.999. The smallest absolute Gasteiger partial charge is 0.167 e. The molecule has 0 aliphatic heterocycles. The van der Waals surface area contributed by atoms with E-state index in [1.807, 2.05) is 34.6 Å². The summed E-state index contributed by atoms with van der Waals surface area (Å²) < 4.78 is 0. The number of rotatable bonds is 4. The topological polar surface area (TPSA) is 37.3 Å². The van der Waals surface area contributed by atoms with Gasteiger partial charge in [-0.3, -0.25) is 4.79 Å². The second-order valence-corrected chi connectivity index (χ2v) is 8.07. The first kappa shape index (κ1) is 16.6. The van der Waals surface area contributed by atoms with Crippen molar-refractivity contribution in [2.24, 2.45) is 16.2 Å². The molecule has 0 saturated heterocycles. The highest BCUT2D eigenvalue weighted by Gasteiger charge is 2.38. The van der Waals surface area contributed by atoms with E-state index in [2.05, 4.69) is 20.8 Å². The molecule has 1 N–H and O–H groups in total. The monoisotopic (exact) mass is 242 g/mol. The summed E-state index contributed by atoms with van der Waals surface area (Å²) in [5.74, 6) is -0.0589. The van der Waals surface area contributed by atoms with Crippen molar-refractivity contribution in [1.29, 1.82) is 0 Å². The summed E-state index contributed by atoms with van der Waals surface area (Å²) in [6, 6.07) is 0. The normalized spacial score (nSPS) is 15.8. The Labute approximate surface area is 107 Å². The molecule has 0 spiro atoms. The fraction of sp³-hybridized carbons (Fsp3) is 0.933. The zero-order chi connectivity index (χ0) is 14.1. The molecule has 0 unspecified atom stereocenters. The Morgan fingerprint density at radius 2 is 1.35 bits per heavy atom. The Hall–Kier alpha value is -0.370. The van der Waals surface area contributed by atoms with Crippen LogP contribution < -0.4 is 0 Å². The van der Waals surface area contributed by atoms with Crippen molar-refractivity contribution in [2.75, 3.05) is 0 Å². The predicted molar refractivity (Wildman–Crippen MR) is 72.9 cm³/mol. The quantitative estimate of drug-likeness (QED) is 0.814. The van der Waals surface area contributed by atoms with Gasteiger partial charge in [-0.15, -0.1) is 0 Å². The Morgan fingerprint density at radius 1 is 0.941 bits per heavy atom. The number of aliphatic hydroxyl groups is 1. The van der Waals surface area contributed by atoms with E-state index in [9.17, 15) is 9.90 Å². The molecule has 102 valence electrons. The Morgan fingerprint density at radius 3 is 1.65 bits per heavy atom. The number of aliphatic hydroxyl groups excluding tert-OH is 1. The number of hydrogen-bond acceptors (Lipinski definition) is 2. The van der Waals surface area contributed by atoms with E-state index in [0.29, 0.717) is 0 Å². The fourth-order valence-corrected chi connectivity index (χ4v) is 1.60. The fourth-order valence-electron chi connectivity index (χ4n) is 1.60. The van der Waals surface area contributed by atoms with E-state index in [4.69, 9.17) is 0 Å². The molecule has 0 aliphatic rings. The van der Waals surface area contributed by atoms with Gasteiger partial charge in [0.2, 0.25) is 0 Å². The SMILES string of the molecule is CC(C)(C)CCC(C)(C)[C@@H](O)C(=O)C(C)(C)C. The second kappa shape index (κ2) is 5.09. The van der Waals surface area contributed by atoms with E-state index in [-0.39, 0.29) is 16.6 Å². The average Bonchev–Trinajstić information content (AvgIpc) is 2.10. The van der Waals surface area contributed by atoms with Crippen LogP contribution in [0.25, 0.3) is 0 Å². The molecule has 0 bridgehead atoms. The maximum atomic E-state index is 12.1. The summed E-state index contributed by atoms with van der Waals surface area (Å²) in [4.78, 5) is 12.1. The molecule has 0 aliphatic carbocycles. The van der Waals surface area contributed by atoms with Gasteiger partial charge in [-0.2, -0.15) is 0 Å². The minimum Gasteiger partial charge on any atom is -0.385 e. The first-order valence-electron chi connectivity index (χ1n) is 6.50. The second-order valence-electron chi connectivity index (χ2n) is 8.07. The molecule has 0 amide bonds. The summed E-state index contributed by atoms with van der Waals surface area (Å²) in [7, 11) is 0. The maximum Gasteiger partial charge on any atom is 0.167 e. The largest absolute Gasteiger partial charge is 0.385 e. The lowest BCUT2D eigenvalue weighted by atomic mass is 9.72. The van der Waals surface area contributed by atoms with Crippen LogP contribution >= 0.6 is 0 Å². The standard InChI is InChI=1S/C15H30O2/c1-13(2,3)9-10-15(7,8)12(17)11(16)14(4,5)6/h12,17H,9-10H2,1-8H3/t12-/m0/s1. The molecule has 0 saturated carbocycles. The lowest BCUT2D eigenvalue weighted by Crippen LogP contribution is -2.42. The molecule has 0 rings (SSSR count). The zero-order valence-electron chi connectivity index (χ0n) is 12.8. The van der Waals surface area contributed by atoms with Crippen molar-refractivity contribution >= 4 is 5.78 Å². The van der Waals surface area contributed by atoms with Crippen LogP contribution in [-0.4, -0.2) is 17.0 Å². The van der Waals surface area contributed by atoms with Gasteiger partial charge >= 0.3 is 0 Å². The third-order valence-electron chi connectivity index (χ3n) is 3.25. The van der Waals surface area contributed by atoms with Crippen LogP contribution in [0.5, 0.6) is 0 Å². The highest BCUT2D eigenvalue weighted by molar-refractivity contribution is 5.88. The highest BCUT2D eigenvalue weighted by atomic mass is 16.3. The lowest BCUT2D eigenvalue weighted by molar-refractivity contribution is -0.141. The molecule has 0 heterocycles. The van der Waals surface area contributed by atoms with Gasteiger partial charge in [0.1, 0.15) is 6.10 Å². The van der Waals surface area contributed by atoms with Gasteiger partial charge in [0.15, 0.2) is 5.78 Å². The number of ketones is 1. The minimum absolute atomic E-state index is 0.0589. The molecule has 2 nitrogen and oxygen atoms in total. The van der Waals surface area contributed by atoms with E-state index in [1.54, 1.807) is 0 Å². The van der Waals surface area contributed by atoms with Gasteiger partial charge in [-0.05, 0) is 23.7 Å². The molecule has 0 fully saturated rings. The molecular weight excluding hydrogens is 212 g/mol. The first-order chi connectivity index (χ1) is 7.27. The zero-order valence-corrected chi connectivity index (χ0v) is 12.8. The Balaban J connectivity index is 4.66. The molecule has 0 aromatic rings. The molecule has 2 heteroatoms. The van der Waals surface area contributed by atoms with Crippen molar-refractivity contribution in [1.82, 2.24) is 0 Å². The van der Waals surface area contributed by atoms with Gasteiger partial charge in [-0.25, -0.2) is 0 Å². The highest BCUT2D eigenvalue weighted by Crippen LogP contribution is 2.35.